The standard InChI is InChI=1S/C26H28N2O4/c1-5-15-31-19-10-8-18(9-11-19)23-22-24(29)20-16-17(2)7-12-21(20)32-25(22)26(30)28(23)14-6-13-27(3)4/h5,7-12,16,23H,1,6,13-15H2,2-4H3/t23-/m1/s1. The van der Waals surface area contributed by atoms with Crippen LogP contribution in [0.1, 0.15) is 39.7 Å². The highest BCUT2D eigenvalue weighted by atomic mass is 16.5. The van der Waals surface area contributed by atoms with Crippen LogP contribution in [0.4, 0.5) is 0 Å². The van der Waals surface area contributed by atoms with E-state index in [0.717, 1.165) is 24.1 Å². The summed E-state index contributed by atoms with van der Waals surface area (Å²) in [6, 6.07) is 12.5. The summed E-state index contributed by atoms with van der Waals surface area (Å²) in [4.78, 5) is 30.8. The van der Waals surface area contributed by atoms with Gasteiger partial charge in [0.25, 0.3) is 5.91 Å². The van der Waals surface area contributed by atoms with Crippen LogP contribution >= 0.6 is 0 Å². The van der Waals surface area contributed by atoms with Crippen molar-refractivity contribution in [2.45, 2.75) is 19.4 Å². The number of amides is 1. The summed E-state index contributed by atoms with van der Waals surface area (Å²) in [7, 11) is 4.00. The Hall–Kier alpha value is -3.38. The average molecular weight is 433 g/mol. The lowest BCUT2D eigenvalue weighted by Gasteiger charge is -2.26. The van der Waals surface area contributed by atoms with Crippen molar-refractivity contribution < 1.29 is 13.9 Å². The SMILES string of the molecule is C=CCOc1ccc([C@@H]2c3c(oc4ccc(C)cc4c3=O)C(=O)N2CCCN(C)C)cc1. The first-order chi connectivity index (χ1) is 15.4. The predicted molar refractivity (Wildman–Crippen MR) is 125 cm³/mol. The molecule has 0 unspecified atom stereocenters. The normalized spacial score (nSPS) is 15.4. The number of hydrogen-bond acceptors (Lipinski definition) is 5. The molecule has 1 atom stereocenters. The third kappa shape index (κ3) is 4.06. The molecule has 3 aromatic rings. The largest absolute Gasteiger partial charge is 0.490 e. The Balaban J connectivity index is 1.81. The Morgan fingerprint density at radius 1 is 1.16 bits per heavy atom. The van der Waals surface area contributed by atoms with Crippen LogP contribution in [0.5, 0.6) is 5.75 Å². The first-order valence-electron chi connectivity index (χ1n) is 10.8. The summed E-state index contributed by atoms with van der Waals surface area (Å²) < 4.78 is 11.6. The van der Waals surface area contributed by atoms with Crippen LogP contribution in [-0.4, -0.2) is 49.5 Å². The summed E-state index contributed by atoms with van der Waals surface area (Å²) in [5.41, 5.74) is 2.53. The van der Waals surface area contributed by atoms with E-state index in [1.807, 2.05) is 57.4 Å². The lowest BCUT2D eigenvalue weighted by atomic mass is 9.98. The van der Waals surface area contributed by atoms with Crippen molar-refractivity contribution >= 4 is 16.9 Å². The van der Waals surface area contributed by atoms with Crippen LogP contribution in [0.3, 0.4) is 0 Å². The molecule has 0 aliphatic carbocycles. The van der Waals surface area contributed by atoms with E-state index in [9.17, 15) is 9.59 Å². The van der Waals surface area contributed by atoms with Gasteiger partial charge >= 0.3 is 0 Å². The summed E-state index contributed by atoms with van der Waals surface area (Å²) in [5.74, 6) is 0.613. The third-order valence-electron chi connectivity index (χ3n) is 5.69. The van der Waals surface area contributed by atoms with E-state index < -0.39 is 6.04 Å². The molecule has 0 fully saturated rings. The fourth-order valence-electron chi connectivity index (χ4n) is 4.17. The third-order valence-corrected chi connectivity index (χ3v) is 5.69. The maximum absolute atomic E-state index is 13.6. The molecule has 32 heavy (non-hydrogen) atoms. The van der Waals surface area contributed by atoms with Crippen molar-refractivity contribution in [1.82, 2.24) is 9.80 Å². The number of hydrogen-bond donors (Lipinski definition) is 0. The Morgan fingerprint density at radius 3 is 2.59 bits per heavy atom. The molecule has 4 rings (SSSR count). The van der Waals surface area contributed by atoms with E-state index in [4.69, 9.17) is 9.15 Å². The van der Waals surface area contributed by atoms with E-state index >= 15 is 0 Å². The second-order valence-corrected chi connectivity index (χ2v) is 8.40. The van der Waals surface area contributed by atoms with Crippen LogP contribution in [-0.2, 0) is 0 Å². The number of rotatable bonds is 8. The molecular weight excluding hydrogens is 404 g/mol. The van der Waals surface area contributed by atoms with Gasteiger partial charge in [0.2, 0.25) is 5.76 Å². The lowest BCUT2D eigenvalue weighted by Crippen LogP contribution is -2.32. The van der Waals surface area contributed by atoms with Gasteiger partial charge in [-0.15, -0.1) is 0 Å². The molecule has 0 saturated heterocycles. The molecule has 0 N–H and O–H groups in total. The molecule has 2 aromatic carbocycles. The van der Waals surface area contributed by atoms with Gasteiger partial charge in [0.05, 0.1) is 17.0 Å². The van der Waals surface area contributed by atoms with E-state index in [1.165, 1.54) is 0 Å². The van der Waals surface area contributed by atoms with Crippen molar-refractivity contribution in [1.29, 1.82) is 0 Å². The highest BCUT2D eigenvalue weighted by molar-refractivity contribution is 5.99. The molecular formula is C26H28N2O4. The smallest absolute Gasteiger partial charge is 0.290 e. The van der Waals surface area contributed by atoms with Gasteiger partial charge in [-0.2, -0.15) is 0 Å². The van der Waals surface area contributed by atoms with Gasteiger partial charge in [-0.05, 0) is 63.8 Å². The molecule has 0 saturated carbocycles. The minimum absolute atomic E-state index is 0.146. The molecule has 1 aliphatic rings. The van der Waals surface area contributed by atoms with E-state index in [1.54, 1.807) is 17.0 Å². The van der Waals surface area contributed by atoms with Crippen LogP contribution in [0, 0.1) is 6.92 Å². The number of fused-ring (bicyclic) bond motifs is 2. The van der Waals surface area contributed by atoms with Gasteiger partial charge in [-0.25, -0.2) is 0 Å². The van der Waals surface area contributed by atoms with Gasteiger partial charge < -0.3 is 19.0 Å². The van der Waals surface area contributed by atoms with Crippen LogP contribution in [0.15, 0.2) is 64.3 Å². The molecule has 166 valence electrons. The first kappa shape index (κ1) is 21.8. The van der Waals surface area contributed by atoms with Crippen LogP contribution < -0.4 is 10.2 Å². The van der Waals surface area contributed by atoms with Crippen LogP contribution in [0.25, 0.3) is 11.0 Å². The second kappa shape index (κ2) is 9.01. The fourth-order valence-corrected chi connectivity index (χ4v) is 4.17. The number of carbonyl (C=O) groups excluding carboxylic acids is 1. The topological polar surface area (TPSA) is 63.0 Å². The van der Waals surface area contributed by atoms with E-state index in [2.05, 4.69) is 11.5 Å². The van der Waals surface area contributed by atoms with Crippen molar-refractivity contribution in [3.05, 3.63) is 87.8 Å². The number of carbonyl (C=O) groups is 1. The quantitative estimate of drug-likeness (QED) is 0.500. The van der Waals surface area contributed by atoms with Gasteiger partial charge in [0.1, 0.15) is 17.9 Å². The summed E-state index contributed by atoms with van der Waals surface area (Å²) in [5, 5.41) is 0.502. The Bertz CT molecular complexity index is 1210. The van der Waals surface area contributed by atoms with Gasteiger partial charge in [-0.1, -0.05) is 36.4 Å². The highest BCUT2D eigenvalue weighted by Gasteiger charge is 2.42. The molecule has 6 heteroatoms. The van der Waals surface area contributed by atoms with Gasteiger partial charge in [0, 0.05) is 6.54 Å². The highest BCUT2D eigenvalue weighted by Crippen LogP contribution is 2.38. The molecule has 0 bridgehead atoms. The summed E-state index contributed by atoms with van der Waals surface area (Å²) in [6.45, 7) is 7.37. The summed E-state index contributed by atoms with van der Waals surface area (Å²) >= 11 is 0. The summed E-state index contributed by atoms with van der Waals surface area (Å²) in [6.07, 6.45) is 2.47. The minimum Gasteiger partial charge on any atom is -0.490 e. The van der Waals surface area contributed by atoms with Crippen LogP contribution in [0.2, 0.25) is 0 Å². The maximum Gasteiger partial charge on any atom is 0.290 e. The van der Waals surface area contributed by atoms with Crippen molar-refractivity contribution in [2.75, 3.05) is 33.8 Å². The molecule has 1 aliphatic heterocycles. The first-order valence-corrected chi connectivity index (χ1v) is 10.8. The van der Waals surface area contributed by atoms with E-state index in [0.29, 0.717) is 35.4 Å². The number of ether oxygens (including phenoxy) is 1. The van der Waals surface area contributed by atoms with E-state index in [-0.39, 0.29) is 17.1 Å². The molecule has 1 aromatic heterocycles. The van der Waals surface area contributed by atoms with Crippen molar-refractivity contribution in [3.8, 4) is 5.75 Å². The number of nitrogens with zero attached hydrogens (tertiary/aromatic N) is 2. The van der Waals surface area contributed by atoms with Gasteiger partial charge in [0.15, 0.2) is 5.43 Å². The zero-order valence-electron chi connectivity index (χ0n) is 18.8. The Kier molecular flexibility index (Phi) is 6.15. The maximum atomic E-state index is 13.6. The monoisotopic (exact) mass is 432 g/mol. The van der Waals surface area contributed by atoms with Gasteiger partial charge in [-0.3, -0.25) is 9.59 Å². The molecule has 0 spiro atoms. The zero-order valence-corrected chi connectivity index (χ0v) is 18.8. The average Bonchev–Trinajstić information content (AvgIpc) is 3.05. The zero-order chi connectivity index (χ0) is 22.8. The second-order valence-electron chi connectivity index (χ2n) is 8.40. The Morgan fingerprint density at radius 2 is 1.91 bits per heavy atom. The lowest BCUT2D eigenvalue weighted by molar-refractivity contribution is 0.0722. The molecule has 2 heterocycles. The minimum atomic E-state index is -0.491. The number of aryl methyl sites for hydroxylation is 1. The van der Waals surface area contributed by atoms with Crippen molar-refractivity contribution in [2.24, 2.45) is 0 Å². The number of benzene rings is 2. The molecule has 1 amide bonds. The van der Waals surface area contributed by atoms with Crippen molar-refractivity contribution in [3.63, 3.8) is 0 Å². The Labute approximate surface area is 187 Å². The molecule has 0 radical (unpaired) electrons. The predicted octanol–water partition coefficient (Wildman–Crippen LogP) is 4.16. The fraction of sp³-hybridized carbons (Fsp3) is 0.308. The molecule has 6 nitrogen and oxygen atoms in total.